The van der Waals surface area contributed by atoms with Gasteiger partial charge in [0.1, 0.15) is 0 Å². The Kier molecular flexibility index (Phi) is 11.0. The highest BCUT2D eigenvalue weighted by Crippen LogP contribution is 2.12. The van der Waals surface area contributed by atoms with Crippen LogP contribution >= 0.6 is 0 Å². The first-order chi connectivity index (χ1) is 17.9. The van der Waals surface area contributed by atoms with Crippen LogP contribution in [0, 0.1) is 6.92 Å². The van der Waals surface area contributed by atoms with Gasteiger partial charge in [-0.1, -0.05) is 48.6 Å². The highest BCUT2D eigenvalue weighted by atomic mass is 16.2. The molecule has 196 valence electrons. The quantitative estimate of drug-likeness (QED) is 0.339. The summed E-state index contributed by atoms with van der Waals surface area (Å²) in [6.07, 6.45) is 8.94. The molecule has 6 heteroatoms. The van der Waals surface area contributed by atoms with Gasteiger partial charge < -0.3 is 5.32 Å². The highest BCUT2D eigenvalue weighted by Gasteiger charge is 2.20. The van der Waals surface area contributed by atoms with E-state index < -0.39 is 0 Å². The van der Waals surface area contributed by atoms with Gasteiger partial charge in [0, 0.05) is 68.3 Å². The Bertz CT molecular complexity index is 1110. The molecule has 0 aliphatic carbocycles. The molecule has 6 nitrogen and oxygen atoms in total. The molecule has 1 saturated heterocycles. The molecule has 1 N–H and O–H groups in total. The summed E-state index contributed by atoms with van der Waals surface area (Å²) in [5, 5.41) is 3.20. The Morgan fingerprint density at radius 1 is 1.19 bits per heavy atom. The van der Waals surface area contributed by atoms with Crippen molar-refractivity contribution in [2.75, 3.05) is 32.7 Å². The van der Waals surface area contributed by atoms with Gasteiger partial charge in [0.2, 0.25) is 5.91 Å². The van der Waals surface area contributed by atoms with Crippen LogP contribution in [-0.4, -0.2) is 65.2 Å². The summed E-state index contributed by atoms with van der Waals surface area (Å²) in [7, 11) is 0. The second-order valence-corrected chi connectivity index (χ2v) is 9.80. The number of aliphatic imine (C=N–C) groups is 1. The zero-order valence-corrected chi connectivity index (χ0v) is 22.6. The molecule has 1 aliphatic heterocycles. The lowest BCUT2D eigenvalue weighted by Crippen LogP contribution is -2.50. The van der Waals surface area contributed by atoms with E-state index in [1.165, 1.54) is 11.1 Å². The number of aryl methyl sites for hydroxylation is 1. The first kappa shape index (κ1) is 28.2. The lowest BCUT2D eigenvalue weighted by molar-refractivity contribution is -0.123. The Balaban J connectivity index is 1.49. The number of carbonyl (C=O) groups is 1. The van der Waals surface area contributed by atoms with E-state index in [-0.39, 0.29) is 11.9 Å². The van der Waals surface area contributed by atoms with Gasteiger partial charge in [-0.25, -0.2) is 0 Å². The van der Waals surface area contributed by atoms with Gasteiger partial charge in [-0.15, -0.1) is 6.58 Å². The topological polar surface area (TPSA) is 60.8 Å². The van der Waals surface area contributed by atoms with E-state index in [0.29, 0.717) is 19.4 Å². The van der Waals surface area contributed by atoms with Crippen molar-refractivity contribution in [2.24, 2.45) is 4.99 Å². The molecule has 2 heterocycles. The number of benzene rings is 1. The minimum absolute atomic E-state index is 0.0370. The van der Waals surface area contributed by atoms with Gasteiger partial charge in [-0.05, 0) is 51.0 Å². The lowest BCUT2D eigenvalue weighted by atomic mass is 10.1. The molecular weight excluding hydrogens is 458 g/mol. The Morgan fingerprint density at radius 2 is 1.95 bits per heavy atom. The monoisotopic (exact) mass is 499 g/mol. The second-order valence-electron chi connectivity index (χ2n) is 9.80. The zero-order valence-electron chi connectivity index (χ0n) is 22.6. The SMILES string of the molecule is C=CCC(Cc1ccc(C(/C=C\C)=NC(=C)C)cn1)NC(=O)CN1CCN(Cc2cccc(C)c2)CC1. The van der Waals surface area contributed by atoms with Crippen molar-refractivity contribution in [2.45, 2.75) is 46.2 Å². The molecule has 1 aromatic carbocycles. The lowest BCUT2D eigenvalue weighted by Gasteiger charge is -2.34. The molecule has 1 fully saturated rings. The number of amides is 1. The van der Waals surface area contributed by atoms with E-state index in [1.54, 1.807) is 0 Å². The van der Waals surface area contributed by atoms with Gasteiger partial charge in [-0.3, -0.25) is 24.6 Å². The van der Waals surface area contributed by atoms with Gasteiger partial charge >= 0.3 is 0 Å². The molecule has 2 aromatic rings. The summed E-state index contributed by atoms with van der Waals surface area (Å²) in [5.74, 6) is 0.0552. The maximum absolute atomic E-state index is 12.9. The van der Waals surface area contributed by atoms with E-state index in [4.69, 9.17) is 0 Å². The van der Waals surface area contributed by atoms with Gasteiger partial charge in [-0.2, -0.15) is 0 Å². The van der Waals surface area contributed by atoms with E-state index >= 15 is 0 Å². The Hall–Kier alpha value is -3.35. The number of hydrogen-bond donors (Lipinski definition) is 1. The number of aromatic nitrogens is 1. The van der Waals surface area contributed by atoms with E-state index in [1.807, 2.05) is 50.4 Å². The van der Waals surface area contributed by atoms with Crippen molar-refractivity contribution in [3.05, 3.63) is 102 Å². The minimum atomic E-state index is -0.0370. The first-order valence-corrected chi connectivity index (χ1v) is 13.1. The summed E-state index contributed by atoms with van der Waals surface area (Å²) < 4.78 is 0. The van der Waals surface area contributed by atoms with Crippen LogP contribution < -0.4 is 5.32 Å². The molecule has 0 spiro atoms. The standard InChI is InChI=1S/C31H41N5O/c1-6-9-29(20-28-14-13-27(21-32-28)30(10-7-2)33-24(3)4)34-31(37)23-36-17-15-35(16-18-36)22-26-12-8-11-25(5)19-26/h6-8,10-14,19,21,29H,1,3,9,15-18,20,22-23H2,2,4-5H3,(H,34,37)/b10-7-,33-30?. The van der Waals surface area contributed by atoms with E-state index in [0.717, 1.165) is 55.4 Å². The number of nitrogens with one attached hydrogen (secondary N) is 1. The predicted molar refractivity (Wildman–Crippen MR) is 154 cm³/mol. The summed E-state index contributed by atoms with van der Waals surface area (Å²) in [6, 6.07) is 12.7. The molecule has 1 aliphatic rings. The molecule has 1 amide bonds. The number of allylic oxidation sites excluding steroid dienone is 3. The molecular formula is C31H41N5O. The maximum atomic E-state index is 12.9. The number of piperazine rings is 1. The summed E-state index contributed by atoms with van der Waals surface area (Å²) in [5.41, 5.74) is 6.10. The summed E-state index contributed by atoms with van der Waals surface area (Å²) in [4.78, 5) is 26.7. The molecule has 37 heavy (non-hydrogen) atoms. The smallest absolute Gasteiger partial charge is 0.234 e. The fraction of sp³-hybridized carbons (Fsp3) is 0.387. The second kappa shape index (κ2) is 14.4. The molecule has 1 unspecified atom stereocenters. The zero-order chi connectivity index (χ0) is 26.6. The van der Waals surface area contributed by atoms with Crippen LogP contribution in [0.3, 0.4) is 0 Å². The third kappa shape index (κ3) is 9.56. The molecule has 1 aromatic heterocycles. The largest absolute Gasteiger partial charge is 0.352 e. The molecule has 3 rings (SSSR count). The van der Waals surface area contributed by atoms with E-state index in [9.17, 15) is 4.79 Å². The van der Waals surface area contributed by atoms with Crippen LogP contribution in [0.1, 0.15) is 42.7 Å². The number of rotatable bonds is 12. The number of hydrogen-bond acceptors (Lipinski definition) is 5. The van der Waals surface area contributed by atoms with Gasteiger partial charge in [0.05, 0.1) is 12.3 Å². The number of nitrogens with zero attached hydrogens (tertiary/aromatic N) is 4. The minimum Gasteiger partial charge on any atom is -0.352 e. The van der Waals surface area contributed by atoms with Crippen LogP contribution in [-0.2, 0) is 17.8 Å². The fourth-order valence-electron chi connectivity index (χ4n) is 4.56. The normalized spacial score (nSPS) is 16.0. The van der Waals surface area contributed by atoms with Crippen molar-refractivity contribution in [3.63, 3.8) is 0 Å². The average molecular weight is 500 g/mol. The van der Waals surface area contributed by atoms with Crippen LogP contribution in [0.5, 0.6) is 0 Å². The molecule has 0 radical (unpaired) electrons. The van der Waals surface area contributed by atoms with Crippen molar-refractivity contribution >= 4 is 11.6 Å². The van der Waals surface area contributed by atoms with Crippen LogP contribution in [0.15, 0.2) is 84.7 Å². The van der Waals surface area contributed by atoms with Crippen molar-refractivity contribution in [3.8, 4) is 0 Å². The third-order valence-corrected chi connectivity index (χ3v) is 6.35. The molecule has 1 atom stereocenters. The number of pyridine rings is 1. The summed E-state index contributed by atoms with van der Waals surface area (Å²) >= 11 is 0. The van der Waals surface area contributed by atoms with Gasteiger partial charge in [0.25, 0.3) is 0 Å². The van der Waals surface area contributed by atoms with Crippen molar-refractivity contribution in [1.29, 1.82) is 0 Å². The van der Waals surface area contributed by atoms with Crippen LogP contribution in [0.4, 0.5) is 0 Å². The molecule has 0 bridgehead atoms. The Labute approximate surface area is 222 Å². The maximum Gasteiger partial charge on any atom is 0.234 e. The highest BCUT2D eigenvalue weighted by molar-refractivity contribution is 6.08. The first-order valence-electron chi connectivity index (χ1n) is 13.1. The van der Waals surface area contributed by atoms with Crippen molar-refractivity contribution < 1.29 is 4.79 Å². The van der Waals surface area contributed by atoms with E-state index in [2.05, 4.69) is 69.4 Å². The number of carbonyl (C=O) groups excluding carboxylic acids is 1. The molecule has 0 saturated carbocycles. The summed E-state index contributed by atoms with van der Waals surface area (Å²) in [6.45, 7) is 18.8. The third-order valence-electron chi connectivity index (χ3n) is 6.35. The Morgan fingerprint density at radius 3 is 2.57 bits per heavy atom. The van der Waals surface area contributed by atoms with Crippen LogP contribution in [0.2, 0.25) is 0 Å². The van der Waals surface area contributed by atoms with Gasteiger partial charge in [0.15, 0.2) is 0 Å². The average Bonchev–Trinajstić information content (AvgIpc) is 2.85. The fourth-order valence-corrected chi connectivity index (χ4v) is 4.56. The van der Waals surface area contributed by atoms with Crippen molar-refractivity contribution in [1.82, 2.24) is 20.1 Å². The predicted octanol–water partition coefficient (Wildman–Crippen LogP) is 4.71. The van der Waals surface area contributed by atoms with Crippen LogP contribution in [0.25, 0.3) is 0 Å².